The van der Waals surface area contributed by atoms with Gasteiger partial charge in [-0.25, -0.2) is 9.59 Å². The van der Waals surface area contributed by atoms with Crippen LogP contribution in [0.4, 0.5) is 4.79 Å². The largest absolute Gasteiger partial charge is 0.500 e. The highest BCUT2D eigenvalue weighted by atomic mass is 28.4. The molecule has 8 nitrogen and oxygen atoms in total. The normalized spacial score (nSPS) is 10.9. The molecular weight excluding hydrogens is 274 g/mol. The van der Waals surface area contributed by atoms with E-state index in [4.69, 9.17) is 18.0 Å². The van der Waals surface area contributed by atoms with Crippen LogP contribution >= 0.6 is 0 Å². The zero-order valence-corrected chi connectivity index (χ0v) is 12.4. The Hall–Kier alpha value is -1.16. The van der Waals surface area contributed by atoms with Crippen molar-refractivity contribution in [2.24, 2.45) is 0 Å². The molecule has 0 aliphatic carbocycles. The van der Waals surface area contributed by atoms with E-state index in [2.05, 4.69) is 10.1 Å². The van der Waals surface area contributed by atoms with Gasteiger partial charge in [-0.15, -0.1) is 0 Å². The van der Waals surface area contributed by atoms with E-state index in [-0.39, 0.29) is 13.2 Å². The number of ether oxygens (including phenoxy) is 2. The van der Waals surface area contributed by atoms with Crippen LogP contribution in [0.15, 0.2) is 0 Å². The molecule has 19 heavy (non-hydrogen) atoms. The average Bonchev–Trinajstić information content (AvgIpc) is 2.45. The minimum absolute atomic E-state index is 0.00598. The molecule has 0 bridgehead atoms. The molecule has 1 N–H and O–H groups in total. The highest BCUT2D eigenvalue weighted by molar-refractivity contribution is 6.60. The molecule has 1 amide bonds. The van der Waals surface area contributed by atoms with Crippen molar-refractivity contribution in [1.29, 1.82) is 0 Å². The van der Waals surface area contributed by atoms with Crippen molar-refractivity contribution < 1.29 is 32.3 Å². The fourth-order valence-corrected chi connectivity index (χ4v) is 3.04. The van der Waals surface area contributed by atoms with Crippen molar-refractivity contribution in [3.05, 3.63) is 0 Å². The Bertz CT molecular complexity index is 252. The van der Waals surface area contributed by atoms with Gasteiger partial charge in [-0.1, -0.05) is 0 Å². The number of rotatable bonds is 11. The van der Waals surface area contributed by atoms with Crippen molar-refractivity contribution in [3.63, 3.8) is 0 Å². The summed E-state index contributed by atoms with van der Waals surface area (Å²) in [5, 5.41) is 2.54. The van der Waals surface area contributed by atoms with Gasteiger partial charge in [-0.2, -0.15) is 0 Å². The summed E-state index contributed by atoms with van der Waals surface area (Å²) in [7, 11) is 2.02. The van der Waals surface area contributed by atoms with Crippen LogP contribution in [0.3, 0.4) is 0 Å². The maximum absolute atomic E-state index is 11.2. The van der Waals surface area contributed by atoms with Gasteiger partial charge in [0.2, 0.25) is 0 Å². The van der Waals surface area contributed by atoms with Gasteiger partial charge >= 0.3 is 21.4 Å². The second-order valence-corrected chi connectivity index (χ2v) is 6.48. The van der Waals surface area contributed by atoms with Gasteiger partial charge in [0.25, 0.3) is 0 Å². The molecule has 9 heteroatoms. The maximum Gasteiger partial charge on any atom is 0.500 e. The quantitative estimate of drug-likeness (QED) is 0.425. The summed E-state index contributed by atoms with van der Waals surface area (Å²) >= 11 is 0. The number of hydrogen-bond donors (Lipinski definition) is 1. The summed E-state index contributed by atoms with van der Waals surface area (Å²) in [5.74, 6) is 0. The van der Waals surface area contributed by atoms with Crippen LogP contribution in [0, 0.1) is 0 Å². The Morgan fingerprint density at radius 2 is 1.79 bits per heavy atom. The summed E-state index contributed by atoms with van der Waals surface area (Å²) in [4.78, 5) is 20.9. The predicted molar refractivity (Wildman–Crippen MR) is 67.2 cm³/mol. The Morgan fingerprint density at radius 3 is 2.32 bits per heavy atom. The van der Waals surface area contributed by atoms with Gasteiger partial charge in [0.05, 0.1) is 0 Å². The van der Waals surface area contributed by atoms with Crippen molar-refractivity contribution in [2.45, 2.75) is 12.5 Å². The van der Waals surface area contributed by atoms with Crippen LogP contribution in [0.1, 0.15) is 6.42 Å². The third kappa shape index (κ3) is 7.77. The molecule has 0 aromatic heterocycles. The predicted octanol–water partition coefficient (Wildman–Crippen LogP) is 0.0646. The van der Waals surface area contributed by atoms with Crippen molar-refractivity contribution >= 4 is 21.4 Å². The molecule has 0 aromatic rings. The van der Waals surface area contributed by atoms with E-state index in [1.165, 1.54) is 27.8 Å². The van der Waals surface area contributed by atoms with Crippen molar-refractivity contribution in [3.8, 4) is 0 Å². The second kappa shape index (κ2) is 10.7. The average molecular weight is 294 g/mol. The lowest BCUT2D eigenvalue weighted by molar-refractivity contribution is 0.117. The molecule has 0 heterocycles. The fraction of sp³-hybridized carbons (Fsp3) is 0.800. The van der Waals surface area contributed by atoms with Gasteiger partial charge in [-0.3, -0.25) is 0 Å². The zero-order chi connectivity index (χ0) is 14.6. The van der Waals surface area contributed by atoms with E-state index < -0.39 is 14.9 Å². The molecule has 0 saturated carbocycles. The standard InChI is InChI=1S/C10H20NO7Si/c1-14-19(15-2,16-3)8-4-5-11-10(13)18-7-6-17-9-12/h4-8H2,1-3H3,(H,11,13). The molecule has 0 fully saturated rings. The summed E-state index contributed by atoms with van der Waals surface area (Å²) in [5.41, 5.74) is 0. The number of amides is 1. The minimum atomic E-state index is -2.58. The van der Waals surface area contributed by atoms with Crippen molar-refractivity contribution in [2.75, 3.05) is 41.1 Å². The van der Waals surface area contributed by atoms with Crippen LogP contribution in [0.2, 0.25) is 6.04 Å². The Morgan fingerprint density at radius 1 is 1.16 bits per heavy atom. The third-order valence-electron chi connectivity index (χ3n) is 2.34. The number of nitrogens with one attached hydrogen (secondary N) is 1. The molecule has 0 rings (SSSR count). The Balaban J connectivity index is 3.67. The zero-order valence-electron chi connectivity index (χ0n) is 11.4. The molecule has 0 unspecified atom stereocenters. The summed E-state index contributed by atoms with van der Waals surface area (Å²) in [6.45, 7) is 1.62. The molecule has 1 radical (unpaired) electrons. The summed E-state index contributed by atoms with van der Waals surface area (Å²) in [6, 6.07) is 0.583. The number of carbonyl (C=O) groups is 1. The van der Waals surface area contributed by atoms with E-state index in [1.54, 1.807) is 0 Å². The number of carbonyl (C=O) groups excluding carboxylic acids is 2. The molecule has 111 valence electrons. The van der Waals surface area contributed by atoms with Crippen LogP contribution in [0.5, 0.6) is 0 Å². The first-order valence-electron chi connectivity index (χ1n) is 5.69. The van der Waals surface area contributed by atoms with Gasteiger partial charge in [0.15, 0.2) is 0 Å². The van der Waals surface area contributed by atoms with Gasteiger partial charge in [0, 0.05) is 33.9 Å². The van der Waals surface area contributed by atoms with Crippen molar-refractivity contribution in [1.82, 2.24) is 5.32 Å². The van der Waals surface area contributed by atoms with Gasteiger partial charge in [0.1, 0.15) is 13.2 Å². The summed E-state index contributed by atoms with van der Waals surface area (Å²) < 4.78 is 24.7. The van der Waals surface area contributed by atoms with E-state index in [0.717, 1.165) is 0 Å². The SMILES string of the molecule is CO[Si](CCCNC(=O)OCCO[C]=O)(OC)OC. The van der Waals surface area contributed by atoms with E-state index in [0.29, 0.717) is 19.0 Å². The van der Waals surface area contributed by atoms with E-state index in [1.807, 2.05) is 0 Å². The van der Waals surface area contributed by atoms with Crippen LogP contribution < -0.4 is 5.32 Å². The lowest BCUT2D eigenvalue weighted by Gasteiger charge is -2.24. The monoisotopic (exact) mass is 294 g/mol. The highest BCUT2D eigenvalue weighted by Gasteiger charge is 2.36. The Labute approximate surface area is 113 Å². The smallest absolute Gasteiger partial charge is 0.454 e. The second-order valence-electron chi connectivity index (χ2n) is 3.39. The molecule has 0 aliphatic rings. The van der Waals surface area contributed by atoms with Crippen LogP contribution in [-0.4, -0.2) is 62.5 Å². The van der Waals surface area contributed by atoms with Gasteiger partial charge < -0.3 is 28.1 Å². The van der Waals surface area contributed by atoms with E-state index in [9.17, 15) is 9.59 Å². The first kappa shape index (κ1) is 17.8. The van der Waals surface area contributed by atoms with E-state index >= 15 is 0 Å². The highest BCUT2D eigenvalue weighted by Crippen LogP contribution is 2.14. The molecule has 0 saturated heterocycles. The first-order valence-corrected chi connectivity index (χ1v) is 7.62. The lowest BCUT2D eigenvalue weighted by atomic mass is 10.5. The Kier molecular flexibility index (Phi) is 10.1. The molecule has 0 spiro atoms. The first-order chi connectivity index (χ1) is 9.14. The van der Waals surface area contributed by atoms with Crippen LogP contribution in [-0.2, 0) is 27.5 Å². The molecule has 0 atom stereocenters. The van der Waals surface area contributed by atoms with Crippen LogP contribution in [0.25, 0.3) is 0 Å². The number of alkyl carbamates (subject to hydrolysis) is 1. The lowest BCUT2D eigenvalue weighted by Crippen LogP contribution is -2.43. The molecular formula is C10H20NO7Si. The minimum Gasteiger partial charge on any atom is -0.454 e. The summed E-state index contributed by atoms with van der Waals surface area (Å²) in [6.07, 6.45) is 0.0594. The number of hydrogen-bond acceptors (Lipinski definition) is 7. The topological polar surface area (TPSA) is 92.3 Å². The fourth-order valence-electron chi connectivity index (χ4n) is 1.32. The molecule has 0 aliphatic heterocycles. The molecule has 0 aromatic carbocycles. The maximum atomic E-state index is 11.2. The van der Waals surface area contributed by atoms with Gasteiger partial charge in [-0.05, 0) is 6.42 Å². The third-order valence-corrected chi connectivity index (χ3v) is 5.17.